The molecule has 2 aromatic heterocycles. The molecule has 0 aliphatic rings. The summed E-state index contributed by atoms with van der Waals surface area (Å²) in [5, 5.41) is 8.61. The van der Waals surface area contributed by atoms with Gasteiger partial charge in [-0.1, -0.05) is 40.5 Å². The van der Waals surface area contributed by atoms with Crippen LogP contribution in [0.2, 0.25) is 10.0 Å². The van der Waals surface area contributed by atoms with Crippen LogP contribution in [0.15, 0.2) is 71.9 Å². The standard InChI is InChI=1S/C26H17Cl2F4N5O2S/c1-14-34-24(26(30,31)32)13-36(14)25-21(29)9-16(15-4-3-5-18(8-15)40(2,38)39)10-22(25)37-23(12-33-35-37)19-7-6-17(27)11-20(19)28/h3-13H,1-2H3. The summed E-state index contributed by atoms with van der Waals surface area (Å²) >= 11 is 12.4. The first-order valence-corrected chi connectivity index (χ1v) is 14.0. The van der Waals surface area contributed by atoms with Crippen LogP contribution in [0.1, 0.15) is 11.5 Å². The molecule has 0 bridgehead atoms. The zero-order valence-electron chi connectivity index (χ0n) is 20.6. The summed E-state index contributed by atoms with van der Waals surface area (Å²) in [6.07, 6.45) is -1.69. The van der Waals surface area contributed by atoms with E-state index in [0.717, 1.165) is 16.9 Å². The molecular weight excluding hydrogens is 593 g/mol. The Bertz CT molecular complexity index is 1880. The van der Waals surface area contributed by atoms with Gasteiger partial charge in [-0.25, -0.2) is 22.5 Å². The van der Waals surface area contributed by atoms with Crippen LogP contribution in [0.5, 0.6) is 0 Å². The molecule has 0 aliphatic carbocycles. The van der Waals surface area contributed by atoms with E-state index in [1.807, 2.05) is 0 Å². The molecule has 206 valence electrons. The Balaban J connectivity index is 1.81. The van der Waals surface area contributed by atoms with E-state index >= 15 is 4.39 Å². The van der Waals surface area contributed by atoms with E-state index in [1.54, 1.807) is 18.2 Å². The highest BCUT2D eigenvalue weighted by molar-refractivity contribution is 7.90. The number of halogens is 6. The van der Waals surface area contributed by atoms with Crippen molar-refractivity contribution in [3.63, 3.8) is 0 Å². The molecule has 0 unspecified atom stereocenters. The molecular formula is C26H17Cl2F4N5O2S. The number of benzene rings is 3. The van der Waals surface area contributed by atoms with Gasteiger partial charge in [0, 0.05) is 23.0 Å². The Morgan fingerprint density at radius 2 is 1.73 bits per heavy atom. The minimum atomic E-state index is -4.77. The van der Waals surface area contributed by atoms with Crippen LogP contribution < -0.4 is 0 Å². The lowest BCUT2D eigenvalue weighted by Crippen LogP contribution is -2.10. The van der Waals surface area contributed by atoms with Crippen LogP contribution in [0.3, 0.4) is 0 Å². The van der Waals surface area contributed by atoms with E-state index in [4.69, 9.17) is 23.2 Å². The lowest BCUT2D eigenvalue weighted by atomic mass is 10.0. The summed E-state index contributed by atoms with van der Waals surface area (Å²) in [6, 6.07) is 13.1. The number of hydrogen-bond donors (Lipinski definition) is 0. The van der Waals surface area contributed by atoms with Crippen molar-refractivity contribution in [2.75, 3.05) is 6.26 Å². The van der Waals surface area contributed by atoms with Gasteiger partial charge in [-0.05, 0) is 60.5 Å². The van der Waals surface area contributed by atoms with Gasteiger partial charge in [-0.2, -0.15) is 13.2 Å². The van der Waals surface area contributed by atoms with Crippen molar-refractivity contribution in [3.05, 3.63) is 94.4 Å². The van der Waals surface area contributed by atoms with Gasteiger partial charge in [-0.15, -0.1) is 5.10 Å². The molecule has 3 aromatic carbocycles. The maximum atomic E-state index is 16.0. The van der Waals surface area contributed by atoms with Crippen molar-refractivity contribution < 1.29 is 26.0 Å². The second kappa shape index (κ2) is 10.0. The van der Waals surface area contributed by atoms with Crippen molar-refractivity contribution >= 4 is 33.0 Å². The number of hydrogen-bond acceptors (Lipinski definition) is 5. The number of nitrogens with zero attached hydrogens (tertiary/aromatic N) is 5. The number of rotatable bonds is 5. The summed E-state index contributed by atoms with van der Waals surface area (Å²) in [7, 11) is -3.58. The first-order valence-electron chi connectivity index (χ1n) is 11.4. The van der Waals surface area contributed by atoms with Gasteiger partial charge in [0.2, 0.25) is 0 Å². The normalized spacial score (nSPS) is 12.2. The molecule has 0 spiro atoms. The molecule has 0 saturated heterocycles. The fraction of sp³-hybridized carbons (Fsp3) is 0.115. The second-order valence-corrected chi connectivity index (χ2v) is 11.7. The zero-order chi connectivity index (χ0) is 29.0. The first-order chi connectivity index (χ1) is 18.7. The summed E-state index contributed by atoms with van der Waals surface area (Å²) in [5.74, 6) is -1.05. The average Bonchev–Trinajstić information content (AvgIpc) is 3.50. The smallest absolute Gasteiger partial charge is 0.299 e. The van der Waals surface area contributed by atoms with Crippen molar-refractivity contribution in [2.24, 2.45) is 0 Å². The summed E-state index contributed by atoms with van der Waals surface area (Å²) < 4.78 is 82.9. The number of aromatic nitrogens is 5. The topological polar surface area (TPSA) is 82.7 Å². The highest BCUT2D eigenvalue weighted by atomic mass is 35.5. The predicted octanol–water partition coefficient (Wildman–Crippen LogP) is 6.96. The molecule has 0 atom stereocenters. The number of imidazole rings is 1. The van der Waals surface area contributed by atoms with Gasteiger partial charge in [0.25, 0.3) is 0 Å². The van der Waals surface area contributed by atoms with Crippen molar-refractivity contribution in [3.8, 4) is 33.8 Å². The quantitative estimate of drug-likeness (QED) is 0.201. The third-order valence-electron chi connectivity index (χ3n) is 6.04. The summed E-state index contributed by atoms with van der Waals surface area (Å²) in [5.41, 5.74) is -0.213. The Morgan fingerprint density at radius 1 is 0.975 bits per heavy atom. The maximum Gasteiger partial charge on any atom is 0.434 e. The minimum Gasteiger partial charge on any atom is -0.299 e. The zero-order valence-corrected chi connectivity index (χ0v) is 22.9. The molecule has 14 heteroatoms. The van der Waals surface area contributed by atoms with Gasteiger partial charge >= 0.3 is 6.18 Å². The molecule has 0 fully saturated rings. The summed E-state index contributed by atoms with van der Waals surface area (Å²) in [6.45, 7) is 1.31. The van der Waals surface area contributed by atoms with E-state index in [0.29, 0.717) is 22.3 Å². The number of alkyl halides is 3. The third-order valence-corrected chi connectivity index (χ3v) is 7.70. The molecule has 0 N–H and O–H groups in total. The highest BCUT2D eigenvalue weighted by Gasteiger charge is 2.35. The Kier molecular flexibility index (Phi) is 6.97. The van der Waals surface area contributed by atoms with E-state index in [2.05, 4.69) is 15.3 Å². The van der Waals surface area contributed by atoms with Crippen molar-refractivity contribution in [1.82, 2.24) is 24.5 Å². The molecule has 0 radical (unpaired) electrons. The van der Waals surface area contributed by atoms with Gasteiger partial charge in [-0.3, -0.25) is 4.57 Å². The van der Waals surface area contributed by atoms with Crippen LogP contribution >= 0.6 is 23.2 Å². The van der Waals surface area contributed by atoms with Gasteiger partial charge < -0.3 is 0 Å². The van der Waals surface area contributed by atoms with Crippen LogP contribution in [0.25, 0.3) is 33.8 Å². The minimum absolute atomic E-state index is 0.00528. The molecule has 2 heterocycles. The van der Waals surface area contributed by atoms with Crippen molar-refractivity contribution in [1.29, 1.82) is 0 Å². The Hall–Kier alpha value is -3.74. The van der Waals surface area contributed by atoms with Gasteiger partial charge in [0.1, 0.15) is 17.3 Å². The number of sulfone groups is 1. The van der Waals surface area contributed by atoms with E-state index in [9.17, 15) is 21.6 Å². The van der Waals surface area contributed by atoms with E-state index in [1.165, 1.54) is 48.1 Å². The average molecular weight is 610 g/mol. The number of aryl methyl sites for hydroxylation is 1. The van der Waals surface area contributed by atoms with Crippen LogP contribution in [-0.4, -0.2) is 39.2 Å². The maximum absolute atomic E-state index is 16.0. The SMILES string of the molecule is Cc1nc(C(F)(F)F)cn1-c1c(F)cc(-c2cccc(S(C)(=O)=O)c2)cc1-n1nncc1-c1ccc(Cl)cc1Cl. The molecule has 0 amide bonds. The lowest BCUT2D eigenvalue weighted by Gasteiger charge is -2.17. The van der Waals surface area contributed by atoms with E-state index in [-0.39, 0.29) is 38.4 Å². The molecule has 40 heavy (non-hydrogen) atoms. The molecule has 7 nitrogen and oxygen atoms in total. The van der Waals surface area contributed by atoms with Gasteiger partial charge in [0.15, 0.2) is 15.5 Å². The van der Waals surface area contributed by atoms with Crippen molar-refractivity contribution in [2.45, 2.75) is 18.0 Å². The fourth-order valence-corrected chi connectivity index (χ4v) is 5.36. The second-order valence-electron chi connectivity index (χ2n) is 8.82. The van der Waals surface area contributed by atoms with Gasteiger partial charge in [0.05, 0.1) is 27.5 Å². The molecule has 0 saturated carbocycles. The van der Waals surface area contributed by atoms with Crippen LogP contribution in [0, 0.1) is 12.7 Å². The van der Waals surface area contributed by atoms with E-state index < -0.39 is 27.5 Å². The Morgan fingerprint density at radius 3 is 2.38 bits per heavy atom. The first kappa shape index (κ1) is 27.8. The highest BCUT2D eigenvalue weighted by Crippen LogP contribution is 2.37. The molecule has 5 rings (SSSR count). The largest absolute Gasteiger partial charge is 0.434 e. The molecule has 0 aliphatic heterocycles. The molecule has 5 aromatic rings. The fourth-order valence-electron chi connectivity index (χ4n) is 4.19. The lowest BCUT2D eigenvalue weighted by molar-refractivity contribution is -0.141. The Labute approximate surface area is 235 Å². The predicted molar refractivity (Wildman–Crippen MR) is 142 cm³/mol. The third kappa shape index (κ3) is 5.21. The monoisotopic (exact) mass is 609 g/mol. The van der Waals surface area contributed by atoms with Crippen LogP contribution in [-0.2, 0) is 16.0 Å². The summed E-state index contributed by atoms with van der Waals surface area (Å²) in [4.78, 5) is 3.57. The van der Waals surface area contributed by atoms with Crippen LogP contribution in [0.4, 0.5) is 17.6 Å².